The molecule has 1 amide bonds. The SMILES string of the molecule is Cc1noc([C@H](C)NC(=O)c2cccc(-n3ccnn3)c2)n1. The molecule has 0 saturated heterocycles. The smallest absolute Gasteiger partial charge is 0.251 e. The Kier molecular flexibility index (Phi) is 3.65. The highest BCUT2D eigenvalue weighted by Gasteiger charge is 2.16. The van der Waals surface area contributed by atoms with Gasteiger partial charge in [-0.2, -0.15) is 4.98 Å². The van der Waals surface area contributed by atoms with Crippen molar-refractivity contribution in [2.24, 2.45) is 0 Å². The Morgan fingerprint density at radius 2 is 2.27 bits per heavy atom. The van der Waals surface area contributed by atoms with E-state index in [-0.39, 0.29) is 11.9 Å². The summed E-state index contributed by atoms with van der Waals surface area (Å²) in [6.45, 7) is 3.51. The highest BCUT2D eigenvalue weighted by Crippen LogP contribution is 2.13. The van der Waals surface area contributed by atoms with Gasteiger partial charge in [-0.3, -0.25) is 4.79 Å². The summed E-state index contributed by atoms with van der Waals surface area (Å²) in [6, 6.07) is 6.71. The minimum absolute atomic E-state index is 0.231. The topological polar surface area (TPSA) is 98.7 Å². The van der Waals surface area contributed by atoms with Gasteiger partial charge < -0.3 is 9.84 Å². The van der Waals surface area contributed by atoms with Gasteiger partial charge in [0.15, 0.2) is 5.82 Å². The molecular weight excluding hydrogens is 284 g/mol. The number of hydrogen-bond donors (Lipinski definition) is 1. The Balaban J connectivity index is 1.76. The lowest BCUT2D eigenvalue weighted by Gasteiger charge is -2.10. The van der Waals surface area contributed by atoms with E-state index in [1.54, 1.807) is 49.1 Å². The van der Waals surface area contributed by atoms with Crippen LogP contribution in [0.15, 0.2) is 41.2 Å². The molecule has 22 heavy (non-hydrogen) atoms. The maximum atomic E-state index is 12.3. The molecule has 1 N–H and O–H groups in total. The van der Waals surface area contributed by atoms with Crippen LogP contribution < -0.4 is 5.32 Å². The van der Waals surface area contributed by atoms with Gasteiger partial charge in [0.05, 0.1) is 18.1 Å². The van der Waals surface area contributed by atoms with E-state index < -0.39 is 0 Å². The van der Waals surface area contributed by atoms with Gasteiger partial charge in [0.2, 0.25) is 5.89 Å². The number of amides is 1. The van der Waals surface area contributed by atoms with E-state index in [4.69, 9.17) is 4.52 Å². The highest BCUT2D eigenvalue weighted by molar-refractivity contribution is 5.94. The Hall–Kier alpha value is -3.03. The Morgan fingerprint density at radius 3 is 2.95 bits per heavy atom. The third-order valence-electron chi connectivity index (χ3n) is 3.06. The molecule has 2 heterocycles. The first-order chi connectivity index (χ1) is 10.6. The number of hydrogen-bond acceptors (Lipinski definition) is 6. The van der Waals surface area contributed by atoms with Crippen LogP contribution in [0.4, 0.5) is 0 Å². The van der Waals surface area contributed by atoms with E-state index in [2.05, 4.69) is 25.8 Å². The van der Waals surface area contributed by atoms with Crippen LogP contribution in [0.3, 0.4) is 0 Å². The number of aryl methyl sites for hydroxylation is 1. The number of aromatic nitrogens is 5. The molecule has 112 valence electrons. The molecule has 3 aromatic rings. The molecular formula is C14H14N6O2. The van der Waals surface area contributed by atoms with Crippen LogP contribution in [0.2, 0.25) is 0 Å². The quantitative estimate of drug-likeness (QED) is 0.782. The Labute approximate surface area is 126 Å². The van der Waals surface area contributed by atoms with Gasteiger partial charge in [-0.25, -0.2) is 4.68 Å². The monoisotopic (exact) mass is 298 g/mol. The molecule has 3 rings (SSSR count). The fourth-order valence-corrected chi connectivity index (χ4v) is 1.97. The number of nitrogens with zero attached hydrogens (tertiary/aromatic N) is 5. The summed E-state index contributed by atoms with van der Waals surface area (Å²) < 4.78 is 6.63. The van der Waals surface area contributed by atoms with Crippen molar-refractivity contribution in [2.75, 3.05) is 0 Å². The summed E-state index contributed by atoms with van der Waals surface area (Å²) in [6.07, 6.45) is 3.29. The minimum Gasteiger partial charge on any atom is -0.341 e. The second-order valence-corrected chi connectivity index (χ2v) is 4.77. The molecule has 0 bridgehead atoms. The van der Waals surface area contributed by atoms with Crippen LogP contribution in [0.5, 0.6) is 0 Å². The van der Waals surface area contributed by atoms with Gasteiger partial charge in [0, 0.05) is 5.56 Å². The zero-order valence-electron chi connectivity index (χ0n) is 12.1. The highest BCUT2D eigenvalue weighted by atomic mass is 16.5. The van der Waals surface area contributed by atoms with E-state index in [0.29, 0.717) is 17.3 Å². The van der Waals surface area contributed by atoms with E-state index in [0.717, 1.165) is 5.69 Å². The summed E-state index contributed by atoms with van der Waals surface area (Å²) >= 11 is 0. The molecule has 1 atom stereocenters. The van der Waals surface area contributed by atoms with Gasteiger partial charge >= 0.3 is 0 Å². The molecule has 2 aromatic heterocycles. The average molecular weight is 298 g/mol. The predicted octanol–water partition coefficient (Wildman–Crippen LogP) is 1.45. The molecule has 1 aromatic carbocycles. The molecule has 0 aliphatic rings. The lowest BCUT2D eigenvalue weighted by Crippen LogP contribution is -2.27. The Bertz CT molecular complexity index is 780. The molecule has 0 spiro atoms. The molecule has 0 unspecified atom stereocenters. The summed E-state index contributed by atoms with van der Waals surface area (Å²) in [4.78, 5) is 16.4. The number of benzene rings is 1. The van der Waals surface area contributed by atoms with Gasteiger partial charge in [-0.05, 0) is 32.0 Å². The van der Waals surface area contributed by atoms with Crippen molar-refractivity contribution < 1.29 is 9.32 Å². The van der Waals surface area contributed by atoms with E-state index >= 15 is 0 Å². The average Bonchev–Trinajstić information content (AvgIpc) is 3.18. The van der Waals surface area contributed by atoms with Crippen LogP contribution in [-0.2, 0) is 0 Å². The van der Waals surface area contributed by atoms with Gasteiger partial charge in [0.25, 0.3) is 5.91 Å². The zero-order chi connectivity index (χ0) is 15.5. The first-order valence-corrected chi connectivity index (χ1v) is 6.71. The first kappa shape index (κ1) is 13.9. The number of carbonyl (C=O) groups excluding carboxylic acids is 1. The largest absolute Gasteiger partial charge is 0.341 e. The molecule has 0 fully saturated rings. The van der Waals surface area contributed by atoms with Crippen LogP contribution in [-0.4, -0.2) is 31.0 Å². The third kappa shape index (κ3) is 2.85. The van der Waals surface area contributed by atoms with Gasteiger partial charge in [-0.1, -0.05) is 16.4 Å². The standard InChI is InChI=1S/C14H14N6O2/c1-9(14-17-10(2)18-22-14)16-13(21)11-4-3-5-12(8-11)20-7-6-15-19-20/h3-9H,1-2H3,(H,16,21)/t9-/m0/s1. The zero-order valence-corrected chi connectivity index (χ0v) is 12.1. The molecule has 0 saturated carbocycles. The molecule has 0 radical (unpaired) electrons. The molecule has 0 aliphatic heterocycles. The second kappa shape index (κ2) is 5.76. The van der Waals surface area contributed by atoms with E-state index in [1.165, 1.54) is 0 Å². The minimum atomic E-state index is -0.372. The van der Waals surface area contributed by atoms with E-state index in [1.807, 2.05) is 6.07 Å². The van der Waals surface area contributed by atoms with Crippen molar-refractivity contribution in [3.8, 4) is 5.69 Å². The van der Waals surface area contributed by atoms with Crippen LogP contribution in [0.1, 0.15) is 35.0 Å². The maximum Gasteiger partial charge on any atom is 0.251 e. The third-order valence-corrected chi connectivity index (χ3v) is 3.06. The lowest BCUT2D eigenvalue weighted by molar-refractivity contribution is 0.0932. The van der Waals surface area contributed by atoms with Crippen molar-refractivity contribution in [1.29, 1.82) is 0 Å². The Morgan fingerprint density at radius 1 is 1.41 bits per heavy atom. The first-order valence-electron chi connectivity index (χ1n) is 6.71. The number of carbonyl (C=O) groups is 1. The second-order valence-electron chi connectivity index (χ2n) is 4.77. The molecule has 0 aliphatic carbocycles. The van der Waals surface area contributed by atoms with Gasteiger partial charge in [0.1, 0.15) is 6.04 Å². The van der Waals surface area contributed by atoms with Crippen molar-refractivity contribution in [3.63, 3.8) is 0 Å². The van der Waals surface area contributed by atoms with Gasteiger partial charge in [-0.15, -0.1) is 5.10 Å². The number of nitrogens with one attached hydrogen (secondary N) is 1. The fourth-order valence-electron chi connectivity index (χ4n) is 1.97. The fraction of sp³-hybridized carbons (Fsp3) is 0.214. The summed E-state index contributed by atoms with van der Waals surface area (Å²) in [5.41, 5.74) is 1.27. The maximum absolute atomic E-state index is 12.3. The van der Waals surface area contributed by atoms with Crippen molar-refractivity contribution >= 4 is 5.91 Å². The van der Waals surface area contributed by atoms with Crippen molar-refractivity contribution in [3.05, 3.63) is 53.9 Å². The van der Waals surface area contributed by atoms with Crippen molar-refractivity contribution in [1.82, 2.24) is 30.5 Å². The van der Waals surface area contributed by atoms with Crippen molar-refractivity contribution in [2.45, 2.75) is 19.9 Å². The predicted molar refractivity (Wildman–Crippen MR) is 76.3 cm³/mol. The summed E-state index contributed by atoms with van der Waals surface area (Å²) in [7, 11) is 0. The van der Waals surface area contributed by atoms with Crippen LogP contribution in [0, 0.1) is 6.92 Å². The van der Waals surface area contributed by atoms with Crippen LogP contribution >= 0.6 is 0 Å². The van der Waals surface area contributed by atoms with Crippen LogP contribution in [0.25, 0.3) is 5.69 Å². The normalized spacial score (nSPS) is 12.1. The number of rotatable bonds is 4. The molecule has 8 heteroatoms. The molecule has 8 nitrogen and oxygen atoms in total. The lowest BCUT2D eigenvalue weighted by atomic mass is 10.1. The van der Waals surface area contributed by atoms with E-state index in [9.17, 15) is 4.79 Å². The summed E-state index contributed by atoms with van der Waals surface area (Å²) in [5.74, 6) is 0.674. The summed E-state index contributed by atoms with van der Waals surface area (Å²) in [5, 5.41) is 14.2.